The second-order valence-corrected chi connectivity index (χ2v) is 35.8. The van der Waals surface area contributed by atoms with Crippen molar-refractivity contribution in [2.45, 2.75) is 116 Å². The number of esters is 1. The van der Waals surface area contributed by atoms with Crippen LogP contribution >= 0.6 is 0 Å². The Bertz CT molecular complexity index is 8640. The van der Waals surface area contributed by atoms with Crippen molar-refractivity contribution in [3.63, 3.8) is 0 Å². The number of carbonyl (C=O) groups is 3. The number of rotatable bonds is 18. The molecule has 15 aromatic rings. The Morgan fingerprint density at radius 3 is 1.51 bits per heavy atom. The highest BCUT2D eigenvalue weighted by atomic mass is 16.6. The van der Waals surface area contributed by atoms with Crippen LogP contribution in [0, 0.1) is 69.2 Å². The molecule has 20 rings (SSSR count). The number of aryl methyl sites for hydroxylation is 10. The van der Waals surface area contributed by atoms with Gasteiger partial charge in [-0.2, -0.15) is 0 Å². The van der Waals surface area contributed by atoms with Crippen molar-refractivity contribution in [2.75, 3.05) is 54.8 Å². The SMILES string of the molecule is CCOC(=O)COc1cc(=C2C=c3ccccc3=N2)[nH]/c1=C\c1[nH]c(C)cc1C.COC1=CC(c2cc3ccccc3n2C(=O)OC(C)(C)C)=N/C1=C\c1[nH]c(C)cc1C.COC1=c2ccccc2=NC1=c1cc(OC)/c(=C(/C)c2[nH]c(C)cc2C)[nH]1.COc1cc(=C2N=c3ccccc3=C2C(=O)NCCCO)[nH]/c1=C\c1[nH]c(C)cc1C.Cc1cc(C)c(/C=c2\[nH]c(=C3C=c4ccccc4=N3)cc2O)[nH]1. The van der Waals surface area contributed by atoms with Gasteiger partial charge in [0.05, 0.1) is 133 Å². The number of carbonyl (C=O) groups excluding carboxylic acids is 3. The van der Waals surface area contributed by atoms with Gasteiger partial charge in [-0.3, -0.25) is 4.79 Å². The van der Waals surface area contributed by atoms with Crippen LogP contribution in [0.5, 0.6) is 23.0 Å². The molecule has 5 aliphatic rings. The Morgan fingerprint density at radius 2 is 0.965 bits per heavy atom. The molecule has 28 nitrogen and oxygen atoms in total. The van der Waals surface area contributed by atoms with Crippen LogP contribution in [0.4, 0.5) is 4.79 Å². The average Bonchev–Trinajstić information content (AvgIpc) is 1.62. The topological polar surface area (TPSA) is 377 Å². The molecule has 0 fully saturated rings. The van der Waals surface area contributed by atoms with Gasteiger partial charge in [-0.05, 0) is 247 Å². The lowest BCUT2D eigenvalue weighted by Crippen LogP contribution is -2.32. The monoisotopic (exact) mass is 1890 g/mol. The number of aromatic amines is 9. The fourth-order valence-electron chi connectivity index (χ4n) is 17.4. The number of ether oxygens (including phenoxy) is 7. The number of hydrogen-bond acceptors (Lipinski definition) is 17. The number of nitrogens with zero attached hydrogens (tertiary/aromatic N) is 6. The van der Waals surface area contributed by atoms with Crippen molar-refractivity contribution >= 4 is 111 Å². The Labute approximate surface area is 812 Å². The molecular weight excluding hydrogens is 1770 g/mol. The van der Waals surface area contributed by atoms with Crippen LogP contribution in [0.25, 0.3) is 87.1 Å². The van der Waals surface area contributed by atoms with E-state index in [0.717, 1.165) is 199 Å². The molecule has 141 heavy (non-hydrogen) atoms. The maximum atomic E-state index is 13.1. The zero-order valence-corrected chi connectivity index (χ0v) is 82.6. The first-order valence-electron chi connectivity index (χ1n) is 46.5. The molecule has 1 amide bonds. The van der Waals surface area contributed by atoms with Crippen molar-refractivity contribution in [1.82, 2.24) is 54.7 Å². The number of hydrogen-bond donors (Lipinski definition) is 12. The van der Waals surface area contributed by atoms with E-state index in [1.807, 2.05) is 264 Å². The summed E-state index contributed by atoms with van der Waals surface area (Å²) in [6.07, 6.45) is 13.8. The van der Waals surface area contributed by atoms with Crippen LogP contribution in [0.2, 0.25) is 0 Å². The second kappa shape index (κ2) is 42.0. The second-order valence-electron chi connectivity index (χ2n) is 35.8. The maximum Gasteiger partial charge on any atom is 0.419 e. The predicted molar refractivity (Wildman–Crippen MR) is 550 cm³/mol. The summed E-state index contributed by atoms with van der Waals surface area (Å²) < 4.78 is 40.5. The standard InChI is InChI=1S/C25H27N3O3.C24H26N4O3.C23H23N3O3.C22H23N3O2.C19H17N3O/c1-15-11-16(2)26-18(15)13-20-23(30-6)14-19(27-20)22-12-17-9-7-8-10-21(17)28(22)24(29)31-25(3,4)5;1-14-11-15(2)26-18(14)12-19-21(31-3)13-20(27-19)23-22(24(30)25-9-6-10-29)16-7-4-5-8-17(16)28-23;1-4-28-23(27)13-29-22-12-20(19-10-16-7-5-6-8-17(16)25-19)26-21(22)11-18-14(2)9-15(3)24-18;1-12-10-13(2)23-19(12)14(3)20-18(26-4)11-17(25-20)21-22(27-5)15-8-6-7-9-16(15)24-21;1-11-7-12(2)20-15(11)9-18-19(23)10-17(22-18)16-8-13-5-3-4-6-14(13)21-16/h7-14,26H,1-6H3;4-5,7-8,11-13,26-27,29H,6,9-10H2,1-3H3,(H,25,30);5-12,24,26H,4,13H2,1-3H3;6-11,23,25H,1-5H3;3-10,20,22-23H,1-2H3/b20-13-;19-12-,23-20?;20-19?,21-11-;20-14+,21-17?;17-16?,18-9-. The summed E-state index contributed by atoms with van der Waals surface area (Å²) in [4.78, 5) is 91.7. The minimum absolute atomic E-state index is 0.0256. The molecule has 0 saturated heterocycles. The number of nitrogens with one attached hydrogen (secondary N) is 10. The number of methoxy groups -OCH3 is 4. The van der Waals surface area contributed by atoms with Gasteiger partial charge in [0.1, 0.15) is 51.4 Å². The number of benzene rings is 5. The van der Waals surface area contributed by atoms with E-state index in [1.165, 1.54) is 5.56 Å². The zero-order valence-electron chi connectivity index (χ0n) is 82.6. The minimum atomic E-state index is -0.612. The van der Waals surface area contributed by atoms with E-state index in [1.54, 1.807) is 46.0 Å². The zero-order chi connectivity index (χ0) is 99.8. The fraction of sp³-hybridized carbons (Fsp3) is 0.221. The number of allylic oxidation sites excluding steroid dienone is 1. The number of aliphatic hydroxyl groups is 1. The van der Waals surface area contributed by atoms with Gasteiger partial charge < -0.3 is 93.5 Å². The van der Waals surface area contributed by atoms with E-state index < -0.39 is 17.7 Å². The molecule has 5 aromatic carbocycles. The molecule has 0 spiro atoms. The lowest BCUT2D eigenvalue weighted by molar-refractivity contribution is -0.145. The van der Waals surface area contributed by atoms with Gasteiger partial charge in [0.15, 0.2) is 12.4 Å². The van der Waals surface area contributed by atoms with Gasteiger partial charge >= 0.3 is 12.1 Å². The van der Waals surface area contributed by atoms with Gasteiger partial charge in [0.25, 0.3) is 5.91 Å². The van der Waals surface area contributed by atoms with Gasteiger partial charge in [0, 0.05) is 132 Å². The van der Waals surface area contributed by atoms with Crippen LogP contribution < -0.4 is 105 Å². The molecule has 12 N–H and O–H groups in total. The fourth-order valence-corrected chi connectivity index (χ4v) is 17.4. The summed E-state index contributed by atoms with van der Waals surface area (Å²) >= 11 is 0. The van der Waals surface area contributed by atoms with Gasteiger partial charge in [-0.1, -0.05) is 84.9 Å². The first-order valence-corrected chi connectivity index (χ1v) is 46.5. The highest BCUT2D eigenvalue weighted by Gasteiger charge is 2.29. The molecule has 0 atom stereocenters. The highest BCUT2D eigenvalue weighted by Crippen LogP contribution is 2.31. The van der Waals surface area contributed by atoms with Gasteiger partial charge in [-0.15, -0.1) is 0 Å². The summed E-state index contributed by atoms with van der Waals surface area (Å²) in [5.41, 5.74) is 23.1. The Hall–Kier alpha value is -16.9. The number of H-pyrrole nitrogens is 9. The van der Waals surface area contributed by atoms with Crippen LogP contribution in [-0.2, 0) is 28.5 Å². The summed E-state index contributed by atoms with van der Waals surface area (Å²) in [6.45, 7) is 30.4. The molecule has 0 saturated carbocycles. The summed E-state index contributed by atoms with van der Waals surface area (Å²) in [5, 5.41) is 37.0. The minimum Gasteiger partial charge on any atom is -0.506 e. The lowest BCUT2D eigenvalue weighted by atomic mass is 10.1. The number of para-hydroxylation sites is 5. The van der Waals surface area contributed by atoms with E-state index in [4.69, 9.17) is 58.2 Å². The largest absolute Gasteiger partial charge is 0.506 e. The molecule has 0 unspecified atom stereocenters. The molecular formula is C113H116N16O12. The van der Waals surface area contributed by atoms with E-state index in [-0.39, 0.29) is 24.9 Å². The molecule has 720 valence electrons. The third-order valence-electron chi connectivity index (χ3n) is 23.9. The maximum absolute atomic E-state index is 13.1. The number of aromatic nitrogens is 10. The molecule has 0 bridgehead atoms. The number of aromatic hydroxyl groups is 1. The highest BCUT2D eigenvalue weighted by molar-refractivity contribution is 6.27. The number of amides is 1. The third kappa shape index (κ3) is 21.8. The predicted octanol–water partition coefficient (Wildman–Crippen LogP) is 8.68. The normalized spacial score (nSPS) is 15.5. The summed E-state index contributed by atoms with van der Waals surface area (Å²) in [6, 6.07) is 59.1. The van der Waals surface area contributed by atoms with Gasteiger partial charge in [0.2, 0.25) is 0 Å². The quantitative estimate of drug-likeness (QED) is 0.0283. The van der Waals surface area contributed by atoms with E-state index in [2.05, 4.69) is 106 Å². The summed E-state index contributed by atoms with van der Waals surface area (Å²) in [7, 11) is 6.60. The smallest absolute Gasteiger partial charge is 0.419 e. The first-order chi connectivity index (χ1) is 67.8. The lowest BCUT2D eigenvalue weighted by Gasteiger charge is -2.20. The molecule has 5 aliphatic heterocycles. The van der Waals surface area contributed by atoms with Crippen LogP contribution in [0.15, 0.2) is 224 Å². The molecule has 15 heterocycles. The third-order valence-corrected chi connectivity index (χ3v) is 23.9. The first kappa shape index (κ1) is 97.2. The molecule has 28 heteroatoms. The Balaban J connectivity index is 0.000000127. The average molecular weight is 1890 g/mol. The van der Waals surface area contributed by atoms with Gasteiger partial charge in [-0.25, -0.2) is 39.1 Å². The van der Waals surface area contributed by atoms with Crippen molar-refractivity contribution in [2.24, 2.45) is 25.0 Å². The van der Waals surface area contributed by atoms with Crippen LogP contribution in [0.1, 0.15) is 131 Å². The number of fused-ring (bicyclic) bond motifs is 5. The summed E-state index contributed by atoms with van der Waals surface area (Å²) in [5.74, 6) is 3.04. The molecule has 10 aromatic heterocycles. The van der Waals surface area contributed by atoms with Crippen molar-refractivity contribution in [3.05, 3.63) is 375 Å². The Kier molecular flexibility index (Phi) is 28.9. The van der Waals surface area contributed by atoms with Crippen LogP contribution in [0.3, 0.4) is 0 Å². The number of aliphatic hydroxyl groups excluding tert-OH is 1. The van der Waals surface area contributed by atoms with Crippen molar-refractivity contribution in [3.8, 4) is 23.0 Å². The van der Waals surface area contributed by atoms with Crippen LogP contribution in [-0.4, -0.2) is 144 Å². The van der Waals surface area contributed by atoms with E-state index in [9.17, 15) is 19.5 Å². The molecule has 0 aliphatic carbocycles. The van der Waals surface area contributed by atoms with E-state index >= 15 is 0 Å². The molecule has 0 radical (unpaired) electrons. The van der Waals surface area contributed by atoms with Crippen molar-refractivity contribution < 1.29 is 57.8 Å². The van der Waals surface area contributed by atoms with Crippen molar-refractivity contribution in [1.29, 1.82) is 0 Å². The Morgan fingerprint density at radius 1 is 0.475 bits per heavy atom. The van der Waals surface area contributed by atoms with E-state index in [0.29, 0.717) is 75.9 Å². The number of aliphatic imine (C=N–C) groups is 1.